The number of hydrogen-bond acceptors (Lipinski definition) is 3. The van der Waals surface area contributed by atoms with Gasteiger partial charge in [0.15, 0.2) is 6.10 Å². The molecule has 0 amide bonds. The van der Waals surface area contributed by atoms with E-state index in [1.807, 2.05) is 19.6 Å². The predicted octanol–water partition coefficient (Wildman–Crippen LogP) is 1.96. The topological polar surface area (TPSA) is 35.5 Å². The van der Waals surface area contributed by atoms with Crippen molar-refractivity contribution in [3.05, 3.63) is 12.7 Å². The normalized spacial score (nSPS) is 13.5. The Hall–Kier alpha value is -0.613. The van der Waals surface area contributed by atoms with Crippen molar-refractivity contribution in [1.82, 2.24) is 0 Å². The van der Waals surface area contributed by atoms with Gasteiger partial charge in [-0.3, -0.25) is 4.79 Å². The molecule has 0 fully saturated rings. The van der Waals surface area contributed by atoms with Crippen LogP contribution in [0.5, 0.6) is 0 Å². The number of ether oxygens (including phenoxy) is 1. The van der Waals surface area contributed by atoms with Crippen molar-refractivity contribution in [1.29, 1.82) is 0 Å². The quantitative estimate of drug-likeness (QED) is 0.505. The van der Waals surface area contributed by atoms with Crippen molar-refractivity contribution in [3.8, 4) is 0 Å². The smallest absolute Gasteiger partial charge is 0.321 e. The molecular formula is C9H18O3Si. The first-order valence-corrected chi connectivity index (χ1v) is 7.73. The molecule has 0 aromatic heterocycles. The summed E-state index contributed by atoms with van der Waals surface area (Å²) >= 11 is 0. The van der Waals surface area contributed by atoms with Gasteiger partial charge in [0, 0.05) is 0 Å². The number of carbonyl (C=O) groups is 1. The molecule has 0 heterocycles. The van der Waals surface area contributed by atoms with Crippen molar-refractivity contribution < 1.29 is 14.0 Å². The fraction of sp³-hybridized carbons (Fsp3) is 0.667. The average molecular weight is 202 g/mol. The van der Waals surface area contributed by atoms with E-state index in [-0.39, 0.29) is 5.97 Å². The van der Waals surface area contributed by atoms with Crippen LogP contribution in [-0.4, -0.2) is 27.0 Å². The Morgan fingerprint density at radius 2 is 2.08 bits per heavy atom. The van der Waals surface area contributed by atoms with Gasteiger partial charge < -0.3 is 9.16 Å². The first kappa shape index (κ1) is 12.4. The molecule has 0 rings (SSSR count). The Morgan fingerprint density at radius 3 is 2.46 bits per heavy atom. The Morgan fingerprint density at radius 1 is 1.54 bits per heavy atom. The van der Waals surface area contributed by atoms with Crippen LogP contribution in [0.4, 0.5) is 0 Å². The van der Waals surface area contributed by atoms with Crippen LogP contribution in [0, 0.1) is 0 Å². The van der Waals surface area contributed by atoms with E-state index in [1.54, 1.807) is 13.0 Å². The Bertz CT molecular complexity index is 184. The van der Waals surface area contributed by atoms with Gasteiger partial charge in [-0.15, -0.1) is 6.58 Å². The Balaban J connectivity index is 3.89. The molecule has 0 aliphatic carbocycles. The summed E-state index contributed by atoms with van der Waals surface area (Å²) in [4.78, 5) is 11.3. The van der Waals surface area contributed by atoms with Crippen LogP contribution in [0.3, 0.4) is 0 Å². The summed E-state index contributed by atoms with van der Waals surface area (Å²) < 4.78 is 10.4. The lowest BCUT2D eigenvalue weighted by atomic mass is 10.4. The van der Waals surface area contributed by atoms with Gasteiger partial charge in [-0.1, -0.05) is 6.08 Å². The van der Waals surface area contributed by atoms with Gasteiger partial charge in [0.1, 0.15) is 0 Å². The molecule has 1 atom stereocenters. The van der Waals surface area contributed by atoms with Gasteiger partial charge in [0.05, 0.1) is 6.61 Å². The summed E-state index contributed by atoms with van der Waals surface area (Å²) in [6.07, 6.45) is 1.11. The molecule has 0 spiro atoms. The van der Waals surface area contributed by atoms with Crippen molar-refractivity contribution in [2.45, 2.75) is 32.7 Å². The molecule has 0 aliphatic heterocycles. The molecule has 0 aromatic rings. The van der Waals surface area contributed by atoms with Gasteiger partial charge in [0.25, 0.3) is 0 Å². The summed E-state index contributed by atoms with van der Waals surface area (Å²) in [5.41, 5.74) is 0. The summed E-state index contributed by atoms with van der Waals surface area (Å²) in [6, 6.07) is 0. The number of hydrogen-bond donors (Lipinski definition) is 0. The molecule has 0 N–H and O–H groups in total. The van der Waals surface area contributed by atoms with Crippen LogP contribution in [0.2, 0.25) is 19.6 Å². The maximum absolute atomic E-state index is 11.3. The minimum Gasteiger partial charge on any atom is -0.518 e. The summed E-state index contributed by atoms with van der Waals surface area (Å²) in [6.45, 7) is 11.5. The van der Waals surface area contributed by atoms with E-state index in [1.165, 1.54) is 0 Å². The fourth-order valence-corrected chi connectivity index (χ4v) is 1.43. The standard InChI is InChI=1S/C9H18O3Si/c1-6-7-11-8(2)9(10)12-13(3,4)5/h6,8H,1,7H2,2-5H3. The van der Waals surface area contributed by atoms with Crippen molar-refractivity contribution in [3.63, 3.8) is 0 Å². The summed E-state index contributed by atoms with van der Waals surface area (Å²) in [5.74, 6) is -0.277. The molecule has 0 radical (unpaired) electrons. The van der Waals surface area contributed by atoms with E-state index in [0.717, 1.165) is 0 Å². The second-order valence-corrected chi connectivity index (χ2v) is 8.23. The molecule has 3 nitrogen and oxygen atoms in total. The van der Waals surface area contributed by atoms with Crippen molar-refractivity contribution in [2.24, 2.45) is 0 Å². The minimum atomic E-state index is -1.78. The molecule has 0 saturated heterocycles. The van der Waals surface area contributed by atoms with Gasteiger partial charge in [-0.05, 0) is 26.6 Å². The minimum absolute atomic E-state index is 0.277. The molecule has 76 valence electrons. The van der Waals surface area contributed by atoms with Gasteiger partial charge in [-0.2, -0.15) is 0 Å². The van der Waals surface area contributed by atoms with Crippen LogP contribution in [0.15, 0.2) is 12.7 Å². The third-order valence-corrected chi connectivity index (χ3v) is 2.02. The Kier molecular flexibility index (Phi) is 4.94. The summed E-state index contributed by atoms with van der Waals surface area (Å²) in [7, 11) is -1.78. The maximum atomic E-state index is 11.3. The van der Waals surface area contributed by atoms with E-state index >= 15 is 0 Å². The fourth-order valence-electron chi connectivity index (χ4n) is 0.665. The third-order valence-electron chi connectivity index (χ3n) is 1.20. The molecule has 0 saturated carbocycles. The van der Waals surface area contributed by atoms with E-state index in [2.05, 4.69) is 6.58 Å². The zero-order chi connectivity index (χ0) is 10.5. The first-order valence-electron chi connectivity index (χ1n) is 4.32. The van der Waals surface area contributed by atoms with Crippen LogP contribution < -0.4 is 0 Å². The lowest BCUT2D eigenvalue weighted by Gasteiger charge is -2.20. The van der Waals surface area contributed by atoms with Gasteiger partial charge >= 0.3 is 5.97 Å². The molecule has 13 heavy (non-hydrogen) atoms. The molecule has 0 aliphatic rings. The van der Waals surface area contributed by atoms with Crippen LogP contribution in [0.25, 0.3) is 0 Å². The highest BCUT2D eigenvalue weighted by Crippen LogP contribution is 2.06. The zero-order valence-corrected chi connectivity index (χ0v) is 9.79. The van der Waals surface area contributed by atoms with Crippen molar-refractivity contribution >= 4 is 14.3 Å². The lowest BCUT2D eigenvalue weighted by molar-refractivity contribution is -0.146. The largest absolute Gasteiger partial charge is 0.518 e. The molecule has 1 unspecified atom stereocenters. The highest BCUT2D eigenvalue weighted by molar-refractivity contribution is 6.71. The molecular weight excluding hydrogens is 184 g/mol. The van der Waals surface area contributed by atoms with Crippen LogP contribution >= 0.6 is 0 Å². The highest BCUT2D eigenvalue weighted by Gasteiger charge is 2.23. The second-order valence-electron chi connectivity index (χ2n) is 3.80. The number of carbonyl (C=O) groups excluding carboxylic acids is 1. The second kappa shape index (κ2) is 5.19. The van der Waals surface area contributed by atoms with Crippen LogP contribution in [0.1, 0.15) is 6.92 Å². The van der Waals surface area contributed by atoms with Gasteiger partial charge in [0.2, 0.25) is 8.32 Å². The van der Waals surface area contributed by atoms with E-state index < -0.39 is 14.4 Å². The van der Waals surface area contributed by atoms with Gasteiger partial charge in [-0.25, -0.2) is 0 Å². The van der Waals surface area contributed by atoms with E-state index in [0.29, 0.717) is 6.61 Å². The monoisotopic (exact) mass is 202 g/mol. The zero-order valence-electron chi connectivity index (χ0n) is 8.79. The number of rotatable bonds is 5. The first-order chi connectivity index (χ1) is 5.87. The summed E-state index contributed by atoms with van der Waals surface area (Å²) in [5, 5.41) is 0. The van der Waals surface area contributed by atoms with Crippen LogP contribution in [-0.2, 0) is 14.0 Å². The average Bonchev–Trinajstić information content (AvgIpc) is 1.96. The molecule has 4 heteroatoms. The highest BCUT2D eigenvalue weighted by atomic mass is 28.4. The third kappa shape index (κ3) is 6.54. The SMILES string of the molecule is C=CCOC(C)C(=O)O[Si](C)(C)C. The molecule has 0 bridgehead atoms. The molecule has 0 aromatic carbocycles. The van der Waals surface area contributed by atoms with E-state index in [9.17, 15) is 4.79 Å². The lowest BCUT2D eigenvalue weighted by Crippen LogP contribution is -2.35. The van der Waals surface area contributed by atoms with E-state index in [4.69, 9.17) is 9.16 Å². The Labute approximate surface area is 80.9 Å². The predicted molar refractivity (Wildman–Crippen MR) is 55.0 cm³/mol. The maximum Gasteiger partial charge on any atom is 0.321 e. The van der Waals surface area contributed by atoms with Crippen molar-refractivity contribution in [2.75, 3.05) is 6.61 Å².